The normalized spacial score (nSPS) is 36.1. The summed E-state index contributed by atoms with van der Waals surface area (Å²) in [6.45, 7) is 4.59. The van der Waals surface area contributed by atoms with Gasteiger partial charge in [0, 0.05) is 14.2 Å². The zero-order chi connectivity index (χ0) is 23.8. The van der Waals surface area contributed by atoms with Crippen LogP contribution in [0.15, 0.2) is 0 Å². The quantitative estimate of drug-likeness (QED) is 0.420. The first-order chi connectivity index (χ1) is 15.9. The van der Waals surface area contributed by atoms with E-state index in [4.69, 9.17) is 18.9 Å². The third-order valence-corrected chi connectivity index (χ3v) is 8.48. The Kier molecular flexibility index (Phi) is 10.5. The molecule has 3 saturated carbocycles. The van der Waals surface area contributed by atoms with E-state index in [1.807, 2.05) is 0 Å². The molecule has 4 atom stereocenters. The van der Waals surface area contributed by atoms with Gasteiger partial charge in [0.05, 0.1) is 24.0 Å². The van der Waals surface area contributed by atoms with Gasteiger partial charge < -0.3 is 18.9 Å². The number of carbonyl (C=O) groups excluding carboxylic acids is 2. The molecule has 0 aliphatic heterocycles. The zero-order valence-corrected chi connectivity index (χ0v) is 21.3. The summed E-state index contributed by atoms with van der Waals surface area (Å²) in [5.74, 6) is 1.14. The molecule has 0 bridgehead atoms. The molecule has 0 spiro atoms. The second kappa shape index (κ2) is 13.1. The number of methoxy groups -OCH3 is 2. The van der Waals surface area contributed by atoms with Crippen LogP contribution in [0, 0.1) is 23.7 Å². The molecule has 0 amide bonds. The highest BCUT2D eigenvalue weighted by Crippen LogP contribution is 2.35. The summed E-state index contributed by atoms with van der Waals surface area (Å²) in [4.78, 5) is 25.6. The van der Waals surface area contributed by atoms with Gasteiger partial charge in [-0.3, -0.25) is 9.59 Å². The van der Waals surface area contributed by atoms with Crippen LogP contribution in [0.1, 0.15) is 97.3 Å². The lowest BCUT2D eigenvalue weighted by Gasteiger charge is -2.36. The molecule has 0 aromatic carbocycles. The van der Waals surface area contributed by atoms with Crippen LogP contribution in [-0.2, 0) is 28.5 Å². The van der Waals surface area contributed by atoms with Crippen LogP contribution < -0.4 is 0 Å². The summed E-state index contributed by atoms with van der Waals surface area (Å²) in [7, 11) is 3.37. The maximum absolute atomic E-state index is 12.9. The summed E-state index contributed by atoms with van der Waals surface area (Å²) in [6, 6.07) is 0. The first kappa shape index (κ1) is 26.5. The fourth-order valence-corrected chi connectivity index (χ4v) is 5.96. The highest BCUT2D eigenvalue weighted by molar-refractivity contribution is 5.74. The van der Waals surface area contributed by atoms with Crippen LogP contribution in [0.2, 0.25) is 0 Å². The van der Waals surface area contributed by atoms with E-state index in [0.717, 1.165) is 63.2 Å². The third-order valence-electron chi connectivity index (χ3n) is 8.48. The standard InChI is InChI=1S/C27H46O6/c1-5-18(2)16-19-6-11-23(12-7-19)32-27(29)21-10-15-24(25(17-21)31-4)33-26(28)20-8-13-22(30-3)14-9-20/h18-25H,5-17H2,1-4H3. The molecule has 3 aliphatic carbocycles. The molecule has 0 aromatic rings. The van der Waals surface area contributed by atoms with Crippen LogP contribution in [0.5, 0.6) is 0 Å². The van der Waals surface area contributed by atoms with Crippen molar-refractivity contribution in [2.45, 2.75) is 122 Å². The van der Waals surface area contributed by atoms with E-state index in [9.17, 15) is 9.59 Å². The fraction of sp³-hybridized carbons (Fsp3) is 0.926. The zero-order valence-electron chi connectivity index (χ0n) is 21.3. The number of hydrogen-bond acceptors (Lipinski definition) is 6. The number of ether oxygens (including phenoxy) is 4. The molecular formula is C27H46O6. The Hall–Kier alpha value is -1.14. The third kappa shape index (κ3) is 7.68. The van der Waals surface area contributed by atoms with Crippen LogP contribution in [-0.4, -0.2) is 50.6 Å². The molecule has 3 rings (SSSR count). The molecule has 3 aliphatic rings. The van der Waals surface area contributed by atoms with Crippen molar-refractivity contribution in [1.29, 1.82) is 0 Å². The molecule has 0 radical (unpaired) electrons. The Morgan fingerprint density at radius 1 is 0.727 bits per heavy atom. The summed E-state index contributed by atoms with van der Waals surface area (Å²) < 4.78 is 22.9. The van der Waals surface area contributed by atoms with Gasteiger partial charge in [0.2, 0.25) is 0 Å². The second-order valence-corrected chi connectivity index (χ2v) is 10.8. The van der Waals surface area contributed by atoms with Crippen LogP contribution in [0.4, 0.5) is 0 Å². The van der Waals surface area contributed by atoms with Crippen molar-refractivity contribution >= 4 is 11.9 Å². The fourth-order valence-electron chi connectivity index (χ4n) is 5.96. The molecule has 6 nitrogen and oxygen atoms in total. The Balaban J connectivity index is 1.41. The molecular weight excluding hydrogens is 420 g/mol. The molecule has 0 N–H and O–H groups in total. The molecule has 33 heavy (non-hydrogen) atoms. The summed E-state index contributed by atoms with van der Waals surface area (Å²) in [5, 5.41) is 0. The Morgan fingerprint density at radius 3 is 1.94 bits per heavy atom. The summed E-state index contributed by atoms with van der Waals surface area (Å²) in [6.07, 6.45) is 12.0. The maximum atomic E-state index is 12.9. The summed E-state index contributed by atoms with van der Waals surface area (Å²) in [5.41, 5.74) is 0. The SMILES string of the molecule is CCC(C)CC1CCC(OC(=O)C2CCC(OC(=O)C3CCC(OC)CC3)C(OC)C2)CC1. The average molecular weight is 467 g/mol. The smallest absolute Gasteiger partial charge is 0.309 e. The van der Waals surface area contributed by atoms with Crippen molar-refractivity contribution in [3.63, 3.8) is 0 Å². The Labute approximate surface area is 200 Å². The van der Waals surface area contributed by atoms with Crippen molar-refractivity contribution in [2.75, 3.05) is 14.2 Å². The monoisotopic (exact) mass is 466 g/mol. The van der Waals surface area contributed by atoms with Crippen molar-refractivity contribution in [3.05, 3.63) is 0 Å². The van der Waals surface area contributed by atoms with Crippen molar-refractivity contribution < 1.29 is 28.5 Å². The van der Waals surface area contributed by atoms with Crippen molar-refractivity contribution in [3.8, 4) is 0 Å². The largest absolute Gasteiger partial charge is 0.462 e. The van der Waals surface area contributed by atoms with Gasteiger partial charge in [0.1, 0.15) is 12.2 Å². The van der Waals surface area contributed by atoms with Gasteiger partial charge in [0.25, 0.3) is 0 Å². The molecule has 3 fully saturated rings. The van der Waals surface area contributed by atoms with Gasteiger partial charge in [-0.2, -0.15) is 0 Å². The van der Waals surface area contributed by atoms with Crippen LogP contribution >= 0.6 is 0 Å². The van der Waals surface area contributed by atoms with Crippen LogP contribution in [0.3, 0.4) is 0 Å². The highest BCUT2D eigenvalue weighted by atomic mass is 16.6. The van der Waals surface area contributed by atoms with Gasteiger partial charge in [-0.25, -0.2) is 0 Å². The Bertz CT molecular complexity index is 606. The van der Waals surface area contributed by atoms with Crippen LogP contribution in [0.25, 0.3) is 0 Å². The number of hydrogen-bond donors (Lipinski definition) is 0. The molecule has 0 saturated heterocycles. The minimum atomic E-state index is -0.275. The average Bonchev–Trinajstić information content (AvgIpc) is 2.85. The van der Waals surface area contributed by atoms with E-state index in [0.29, 0.717) is 19.3 Å². The first-order valence-corrected chi connectivity index (χ1v) is 13.4. The molecule has 190 valence electrons. The van der Waals surface area contributed by atoms with E-state index in [2.05, 4.69) is 13.8 Å². The highest BCUT2D eigenvalue weighted by Gasteiger charge is 2.39. The summed E-state index contributed by atoms with van der Waals surface area (Å²) >= 11 is 0. The van der Waals surface area contributed by atoms with E-state index < -0.39 is 0 Å². The van der Waals surface area contributed by atoms with Gasteiger partial charge in [-0.15, -0.1) is 0 Å². The lowest BCUT2D eigenvalue weighted by Crippen LogP contribution is -2.42. The predicted molar refractivity (Wildman–Crippen MR) is 127 cm³/mol. The van der Waals surface area contributed by atoms with Crippen molar-refractivity contribution in [2.24, 2.45) is 23.7 Å². The van der Waals surface area contributed by atoms with E-state index >= 15 is 0 Å². The minimum absolute atomic E-state index is 0.0490. The first-order valence-electron chi connectivity index (χ1n) is 13.4. The van der Waals surface area contributed by atoms with E-state index in [-0.39, 0.29) is 48.2 Å². The lowest BCUT2D eigenvalue weighted by molar-refractivity contribution is -0.172. The van der Waals surface area contributed by atoms with Gasteiger partial charge >= 0.3 is 11.9 Å². The Morgan fingerprint density at radius 2 is 1.33 bits per heavy atom. The minimum Gasteiger partial charge on any atom is -0.462 e. The lowest BCUT2D eigenvalue weighted by atomic mass is 9.81. The molecule has 6 heteroatoms. The van der Waals surface area contributed by atoms with Gasteiger partial charge in [-0.05, 0) is 88.9 Å². The maximum Gasteiger partial charge on any atom is 0.309 e. The van der Waals surface area contributed by atoms with E-state index in [1.165, 1.54) is 12.8 Å². The molecule has 0 aromatic heterocycles. The van der Waals surface area contributed by atoms with Crippen molar-refractivity contribution in [1.82, 2.24) is 0 Å². The molecule has 4 unspecified atom stereocenters. The van der Waals surface area contributed by atoms with Gasteiger partial charge in [0.15, 0.2) is 0 Å². The number of esters is 2. The number of rotatable bonds is 9. The topological polar surface area (TPSA) is 71.1 Å². The van der Waals surface area contributed by atoms with Gasteiger partial charge in [-0.1, -0.05) is 20.3 Å². The second-order valence-electron chi connectivity index (χ2n) is 10.8. The predicted octanol–water partition coefficient (Wildman–Crippen LogP) is 5.46. The molecule has 0 heterocycles. The van der Waals surface area contributed by atoms with E-state index in [1.54, 1.807) is 14.2 Å². The number of carbonyl (C=O) groups is 2.